The van der Waals surface area contributed by atoms with Gasteiger partial charge in [0.25, 0.3) is 0 Å². The predicted molar refractivity (Wildman–Crippen MR) is 55.1 cm³/mol. The zero-order valence-corrected chi connectivity index (χ0v) is 9.41. The van der Waals surface area contributed by atoms with Crippen LogP contribution in [-0.2, 0) is 9.53 Å². The first-order chi connectivity index (χ1) is 6.37. The average molecular weight is 203 g/mol. The van der Waals surface area contributed by atoms with Crippen molar-refractivity contribution >= 4 is 5.97 Å². The Morgan fingerprint density at radius 1 is 1.64 bits per heavy atom. The van der Waals surface area contributed by atoms with Crippen LogP contribution in [-0.4, -0.2) is 30.3 Å². The van der Waals surface area contributed by atoms with Gasteiger partial charge < -0.3 is 15.6 Å². The van der Waals surface area contributed by atoms with Crippen LogP contribution >= 0.6 is 0 Å². The minimum atomic E-state index is -0.947. The van der Waals surface area contributed by atoms with E-state index in [0.717, 1.165) is 6.42 Å². The van der Waals surface area contributed by atoms with Crippen molar-refractivity contribution in [1.82, 2.24) is 0 Å². The molecule has 0 bridgehead atoms. The van der Waals surface area contributed by atoms with E-state index in [1.54, 1.807) is 7.11 Å². The summed E-state index contributed by atoms with van der Waals surface area (Å²) in [6.45, 7) is 5.76. The predicted octanol–water partition coefficient (Wildman–Crippen LogP) is 1.24. The minimum Gasteiger partial charge on any atom is -0.480 e. The molecule has 0 fully saturated rings. The first-order valence-electron chi connectivity index (χ1n) is 4.88. The van der Waals surface area contributed by atoms with E-state index >= 15 is 0 Å². The van der Waals surface area contributed by atoms with Crippen LogP contribution in [0.25, 0.3) is 0 Å². The molecule has 0 saturated carbocycles. The molecule has 0 aromatic carbocycles. The molecule has 4 nitrogen and oxygen atoms in total. The molecule has 3 unspecified atom stereocenters. The van der Waals surface area contributed by atoms with Gasteiger partial charge in [0.05, 0.1) is 6.10 Å². The smallest absolute Gasteiger partial charge is 0.321 e. The van der Waals surface area contributed by atoms with Gasteiger partial charge in [-0.1, -0.05) is 13.8 Å². The number of hydrogen-bond donors (Lipinski definition) is 2. The first kappa shape index (κ1) is 13.4. The van der Waals surface area contributed by atoms with E-state index in [1.165, 1.54) is 0 Å². The number of aliphatic carboxylic acids is 1. The van der Waals surface area contributed by atoms with Crippen LogP contribution in [0.5, 0.6) is 0 Å². The number of carboxylic acid groups (broad SMARTS) is 1. The third-order valence-corrected chi connectivity index (χ3v) is 2.98. The Morgan fingerprint density at radius 2 is 2.14 bits per heavy atom. The highest BCUT2D eigenvalue weighted by Gasteiger charge is 2.36. The van der Waals surface area contributed by atoms with Gasteiger partial charge >= 0.3 is 5.97 Å². The van der Waals surface area contributed by atoms with Crippen molar-refractivity contribution in [1.29, 1.82) is 0 Å². The highest BCUT2D eigenvalue weighted by atomic mass is 16.5. The fourth-order valence-electron chi connectivity index (χ4n) is 1.53. The highest BCUT2D eigenvalue weighted by molar-refractivity contribution is 5.74. The molecule has 0 amide bonds. The molecule has 0 radical (unpaired) electrons. The van der Waals surface area contributed by atoms with Gasteiger partial charge in [0.2, 0.25) is 0 Å². The second-order valence-electron chi connectivity index (χ2n) is 4.07. The van der Waals surface area contributed by atoms with Crippen LogP contribution in [0.1, 0.15) is 33.6 Å². The number of methoxy groups -OCH3 is 1. The van der Waals surface area contributed by atoms with Crippen LogP contribution in [0, 0.1) is 5.41 Å². The van der Waals surface area contributed by atoms with Crippen LogP contribution in [0.2, 0.25) is 0 Å². The summed E-state index contributed by atoms with van der Waals surface area (Å²) in [6.07, 6.45) is 1.42. The van der Waals surface area contributed by atoms with E-state index in [0.29, 0.717) is 6.42 Å². The maximum Gasteiger partial charge on any atom is 0.321 e. The van der Waals surface area contributed by atoms with Crippen molar-refractivity contribution in [2.75, 3.05) is 7.11 Å². The van der Waals surface area contributed by atoms with Gasteiger partial charge in [0, 0.05) is 7.11 Å². The summed E-state index contributed by atoms with van der Waals surface area (Å²) in [7, 11) is 1.62. The SMILES string of the molecule is CCC(C)(CC(C)OC)C(N)C(=O)O. The second kappa shape index (κ2) is 5.32. The van der Waals surface area contributed by atoms with Crippen LogP contribution in [0.3, 0.4) is 0 Å². The number of rotatable bonds is 6. The maximum absolute atomic E-state index is 10.8. The normalized spacial score (nSPS) is 19.8. The number of ether oxygens (including phenoxy) is 1. The first-order valence-corrected chi connectivity index (χ1v) is 4.88. The van der Waals surface area contributed by atoms with E-state index in [1.807, 2.05) is 20.8 Å². The Balaban J connectivity index is 4.53. The Kier molecular flexibility index (Phi) is 5.08. The summed E-state index contributed by atoms with van der Waals surface area (Å²) in [6, 6.07) is -0.829. The third-order valence-electron chi connectivity index (χ3n) is 2.98. The lowest BCUT2D eigenvalue weighted by atomic mass is 9.76. The maximum atomic E-state index is 10.8. The van der Waals surface area contributed by atoms with E-state index in [-0.39, 0.29) is 6.10 Å². The van der Waals surface area contributed by atoms with Crippen molar-refractivity contribution in [3.05, 3.63) is 0 Å². The summed E-state index contributed by atoms with van der Waals surface area (Å²) in [5.41, 5.74) is 5.25. The molecule has 4 heteroatoms. The summed E-state index contributed by atoms with van der Waals surface area (Å²) in [5.74, 6) is -0.947. The van der Waals surface area contributed by atoms with E-state index in [4.69, 9.17) is 15.6 Å². The molecular weight excluding hydrogens is 182 g/mol. The summed E-state index contributed by atoms with van der Waals surface area (Å²) >= 11 is 0. The van der Waals surface area contributed by atoms with Gasteiger partial charge in [0.15, 0.2) is 0 Å². The van der Waals surface area contributed by atoms with Crippen LogP contribution in [0.15, 0.2) is 0 Å². The lowest BCUT2D eigenvalue weighted by molar-refractivity contribution is -0.142. The minimum absolute atomic E-state index is 0.0327. The molecular formula is C10H21NO3. The quantitative estimate of drug-likeness (QED) is 0.681. The monoisotopic (exact) mass is 203 g/mol. The van der Waals surface area contributed by atoms with E-state index in [9.17, 15) is 4.79 Å². The summed E-state index contributed by atoms with van der Waals surface area (Å²) < 4.78 is 5.13. The van der Waals surface area contributed by atoms with Crippen molar-refractivity contribution < 1.29 is 14.6 Å². The van der Waals surface area contributed by atoms with E-state index in [2.05, 4.69) is 0 Å². The number of hydrogen-bond acceptors (Lipinski definition) is 3. The Labute approximate surface area is 85.4 Å². The molecule has 14 heavy (non-hydrogen) atoms. The molecule has 0 aliphatic carbocycles. The Bertz CT molecular complexity index is 196. The van der Waals surface area contributed by atoms with Gasteiger partial charge in [-0.15, -0.1) is 0 Å². The van der Waals surface area contributed by atoms with Crippen LogP contribution in [0.4, 0.5) is 0 Å². The number of carboxylic acids is 1. The van der Waals surface area contributed by atoms with Crippen molar-refractivity contribution in [3.8, 4) is 0 Å². The molecule has 0 aliphatic rings. The van der Waals surface area contributed by atoms with Gasteiger partial charge in [-0.05, 0) is 25.2 Å². The lowest BCUT2D eigenvalue weighted by Crippen LogP contribution is -2.46. The fraction of sp³-hybridized carbons (Fsp3) is 0.900. The van der Waals surface area contributed by atoms with Gasteiger partial charge in [-0.25, -0.2) is 0 Å². The van der Waals surface area contributed by atoms with E-state index < -0.39 is 17.4 Å². The molecule has 84 valence electrons. The van der Waals surface area contributed by atoms with Gasteiger partial charge in [-0.2, -0.15) is 0 Å². The Hall–Kier alpha value is -0.610. The molecule has 0 heterocycles. The second-order valence-corrected chi connectivity index (χ2v) is 4.07. The van der Waals surface area contributed by atoms with Gasteiger partial charge in [-0.3, -0.25) is 4.79 Å². The largest absolute Gasteiger partial charge is 0.480 e. The third kappa shape index (κ3) is 3.27. The molecule has 0 aliphatic heterocycles. The standard InChI is InChI=1S/C10H21NO3/c1-5-10(3,6-7(2)14-4)8(11)9(12)13/h7-8H,5-6,11H2,1-4H3,(H,12,13). The van der Waals surface area contributed by atoms with Crippen molar-refractivity contribution in [3.63, 3.8) is 0 Å². The summed E-state index contributed by atoms with van der Waals surface area (Å²) in [4.78, 5) is 10.8. The Morgan fingerprint density at radius 3 is 2.43 bits per heavy atom. The molecule has 0 spiro atoms. The lowest BCUT2D eigenvalue weighted by Gasteiger charge is -2.33. The zero-order valence-electron chi connectivity index (χ0n) is 9.41. The number of carbonyl (C=O) groups is 1. The number of nitrogens with two attached hydrogens (primary N) is 1. The molecule has 0 aromatic heterocycles. The molecule has 0 rings (SSSR count). The van der Waals surface area contributed by atoms with Crippen LogP contribution < -0.4 is 5.73 Å². The molecule has 0 saturated heterocycles. The molecule has 3 atom stereocenters. The summed E-state index contributed by atoms with van der Waals surface area (Å²) in [5, 5.41) is 8.87. The zero-order chi connectivity index (χ0) is 11.4. The highest BCUT2D eigenvalue weighted by Crippen LogP contribution is 2.31. The van der Waals surface area contributed by atoms with Crippen molar-refractivity contribution in [2.45, 2.75) is 45.8 Å². The molecule has 3 N–H and O–H groups in total. The van der Waals surface area contributed by atoms with Crippen molar-refractivity contribution in [2.24, 2.45) is 11.1 Å². The average Bonchev–Trinajstić information content (AvgIpc) is 2.15. The fourth-order valence-corrected chi connectivity index (χ4v) is 1.53. The van der Waals surface area contributed by atoms with Gasteiger partial charge in [0.1, 0.15) is 6.04 Å². The molecule has 0 aromatic rings. The topological polar surface area (TPSA) is 72.5 Å².